The van der Waals surface area contributed by atoms with Crippen molar-refractivity contribution in [2.45, 2.75) is 25.4 Å². The molecule has 0 N–H and O–H groups in total. The second kappa shape index (κ2) is 5.96. The molecular weight excluding hydrogens is 251 g/mol. The Morgan fingerprint density at radius 2 is 1.72 bits per heavy atom. The van der Waals surface area contributed by atoms with Gasteiger partial charge >= 0.3 is 0 Å². The summed E-state index contributed by atoms with van der Waals surface area (Å²) in [6, 6.07) is 5.17. The van der Waals surface area contributed by atoms with Crippen molar-refractivity contribution in [1.29, 1.82) is 0 Å². The van der Waals surface area contributed by atoms with Crippen molar-refractivity contribution in [3.05, 3.63) is 23.8 Å². The quantitative estimate of drug-likeness (QED) is 0.586. The number of carbonyl (C=O) groups excluding carboxylic acids is 1. The highest BCUT2D eigenvalue weighted by molar-refractivity contribution is 7.26. The van der Waals surface area contributed by atoms with E-state index >= 15 is 0 Å². The van der Waals surface area contributed by atoms with Crippen LogP contribution in [0, 0.1) is 0 Å². The summed E-state index contributed by atoms with van der Waals surface area (Å²) >= 11 is 0. The van der Waals surface area contributed by atoms with Gasteiger partial charge in [0.2, 0.25) is 0 Å². The van der Waals surface area contributed by atoms with Gasteiger partial charge in [0.25, 0.3) is 0 Å². The van der Waals surface area contributed by atoms with Crippen LogP contribution >= 0.6 is 8.46 Å². The third-order valence-electron chi connectivity index (χ3n) is 2.55. The Morgan fingerprint density at radius 3 is 2.11 bits per heavy atom. The molecule has 1 aromatic rings. The number of benzene rings is 1. The van der Waals surface area contributed by atoms with E-state index in [4.69, 9.17) is 9.47 Å². The van der Waals surface area contributed by atoms with Crippen LogP contribution in [0.3, 0.4) is 0 Å². The van der Waals surface area contributed by atoms with Crippen LogP contribution in [0.4, 0.5) is 0 Å². The van der Waals surface area contributed by atoms with Gasteiger partial charge in [0.1, 0.15) is 17.1 Å². The first kappa shape index (κ1) is 14.7. The Labute approximate surface area is 108 Å². The van der Waals surface area contributed by atoms with Gasteiger partial charge < -0.3 is 9.47 Å². The fraction of sp³-hybridized carbons (Fsp3) is 0.462. The predicted molar refractivity (Wildman–Crippen MR) is 70.2 cm³/mol. The Kier molecular flexibility index (Phi) is 4.85. The molecule has 4 nitrogen and oxygen atoms in total. The standard InChI is InChI=1S/C13H17O4P/c1-13(2,18-15)8-9(14)12-10(16-3)6-5-7-11(12)17-4/h5-7H,8H2,1-4H3. The third kappa shape index (κ3) is 3.30. The van der Waals surface area contributed by atoms with Crippen molar-refractivity contribution in [2.75, 3.05) is 14.2 Å². The minimum Gasteiger partial charge on any atom is -0.496 e. The highest BCUT2D eigenvalue weighted by atomic mass is 31.1. The van der Waals surface area contributed by atoms with Crippen LogP contribution in [0.15, 0.2) is 18.2 Å². The molecule has 0 atom stereocenters. The smallest absolute Gasteiger partial charge is 0.171 e. The van der Waals surface area contributed by atoms with Crippen LogP contribution in [0.2, 0.25) is 0 Å². The summed E-state index contributed by atoms with van der Waals surface area (Å²) in [5.74, 6) is 0.799. The largest absolute Gasteiger partial charge is 0.496 e. The fourth-order valence-corrected chi connectivity index (χ4v) is 1.85. The second-order valence-electron chi connectivity index (χ2n) is 4.54. The van der Waals surface area contributed by atoms with Gasteiger partial charge in [0, 0.05) is 6.42 Å². The number of ketones is 1. The van der Waals surface area contributed by atoms with E-state index in [0.29, 0.717) is 17.1 Å². The molecule has 5 heteroatoms. The number of carbonyl (C=O) groups is 1. The second-order valence-corrected chi connectivity index (χ2v) is 5.93. The zero-order chi connectivity index (χ0) is 13.8. The lowest BCUT2D eigenvalue weighted by Crippen LogP contribution is -2.18. The van der Waals surface area contributed by atoms with Crippen LogP contribution in [-0.4, -0.2) is 25.2 Å². The molecule has 98 valence electrons. The molecule has 1 rings (SSSR count). The van der Waals surface area contributed by atoms with Crippen molar-refractivity contribution in [2.24, 2.45) is 0 Å². The van der Waals surface area contributed by atoms with E-state index in [9.17, 15) is 9.36 Å². The Morgan fingerprint density at radius 1 is 1.22 bits per heavy atom. The lowest BCUT2D eigenvalue weighted by Gasteiger charge is -2.17. The van der Waals surface area contributed by atoms with E-state index in [1.54, 1.807) is 32.0 Å². The predicted octanol–water partition coefficient (Wildman–Crippen LogP) is 3.35. The van der Waals surface area contributed by atoms with E-state index in [0.717, 1.165) is 0 Å². The molecule has 0 radical (unpaired) electrons. The zero-order valence-electron chi connectivity index (χ0n) is 11.0. The number of Topliss-reactive ketones (excluding diaryl/α,β-unsaturated/α-hetero) is 1. The Balaban J connectivity index is 3.15. The van der Waals surface area contributed by atoms with Crippen LogP contribution in [0.25, 0.3) is 0 Å². The molecule has 0 bridgehead atoms. The SMILES string of the molecule is COc1cccc(OC)c1C(=O)CC(C)(C)P=O. The maximum Gasteiger partial charge on any atom is 0.171 e. The van der Waals surface area contributed by atoms with Gasteiger partial charge in [-0.15, -0.1) is 0 Å². The summed E-state index contributed by atoms with van der Waals surface area (Å²) in [4.78, 5) is 12.3. The molecule has 0 spiro atoms. The average molecular weight is 268 g/mol. The number of hydrogen-bond acceptors (Lipinski definition) is 4. The molecule has 0 heterocycles. The summed E-state index contributed by atoms with van der Waals surface area (Å²) in [6.45, 7) is 3.53. The van der Waals surface area contributed by atoms with E-state index in [1.165, 1.54) is 14.2 Å². The summed E-state index contributed by atoms with van der Waals surface area (Å²) in [5.41, 5.74) is 0.402. The fourth-order valence-electron chi connectivity index (χ4n) is 1.64. The van der Waals surface area contributed by atoms with Crippen molar-refractivity contribution in [3.8, 4) is 11.5 Å². The maximum absolute atomic E-state index is 12.3. The summed E-state index contributed by atoms with van der Waals surface area (Å²) in [6.07, 6.45) is 0.161. The Bertz CT molecular complexity index is 432. The van der Waals surface area contributed by atoms with Crippen molar-refractivity contribution < 1.29 is 18.8 Å². The van der Waals surface area contributed by atoms with Gasteiger partial charge in [-0.2, -0.15) is 0 Å². The number of hydrogen-bond donors (Lipinski definition) is 0. The Hall–Kier alpha value is -1.41. The molecule has 0 aromatic heterocycles. The van der Waals surface area contributed by atoms with Crippen molar-refractivity contribution >= 4 is 14.2 Å². The zero-order valence-corrected chi connectivity index (χ0v) is 11.9. The molecule has 18 heavy (non-hydrogen) atoms. The molecule has 0 aliphatic carbocycles. The molecule has 0 aliphatic rings. The monoisotopic (exact) mass is 268 g/mol. The van der Waals surface area contributed by atoms with Crippen LogP contribution in [0.5, 0.6) is 11.5 Å². The van der Waals surface area contributed by atoms with Crippen molar-refractivity contribution in [3.63, 3.8) is 0 Å². The van der Waals surface area contributed by atoms with Gasteiger partial charge in [-0.1, -0.05) is 6.07 Å². The highest BCUT2D eigenvalue weighted by Gasteiger charge is 2.27. The first-order valence-electron chi connectivity index (χ1n) is 5.54. The molecule has 0 fully saturated rings. The number of ether oxygens (including phenoxy) is 2. The topological polar surface area (TPSA) is 52.6 Å². The minimum absolute atomic E-state index is 0.0554. The summed E-state index contributed by atoms with van der Waals surface area (Å²) < 4.78 is 21.3. The first-order chi connectivity index (χ1) is 8.45. The number of methoxy groups -OCH3 is 2. The first-order valence-corrected chi connectivity index (χ1v) is 6.35. The normalized spacial score (nSPS) is 11.3. The molecule has 1 aromatic carbocycles. The summed E-state index contributed by atoms with van der Waals surface area (Å²) in [7, 11) is 2.95. The molecule has 0 amide bonds. The van der Waals surface area contributed by atoms with Gasteiger partial charge in [0.15, 0.2) is 14.2 Å². The maximum atomic E-state index is 12.3. The van der Waals surface area contributed by atoms with Crippen molar-refractivity contribution in [1.82, 2.24) is 0 Å². The third-order valence-corrected chi connectivity index (χ3v) is 3.20. The molecule has 0 aliphatic heterocycles. The van der Waals surface area contributed by atoms with Crippen LogP contribution in [-0.2, 0) is 4.57 Å². The number of rotatable bonds is 6. The van der Waals surface area contributed by atoms with E-state index < -0.39 is 5.16 Å². The lowest BCUT2D eigenvalue weighted by molar-refractivity contribution is 0.0966. The van der Waals surface area contributed by atoms with E-state index in [2.05, 4.69) is 0 Å². The molecule has 0 saturated heterocycles. The molecule has 0 unspecified atom stereocenters. The lowest BCUT2D eigenvalue weighted by atomic mass is 9.99. The average Bonchev–Trinajstić information content (AvgIpc) is 2.37. The van der Waals surface area contributed by atoms with Crippen LogP contribution < -0.4 is 9.47 Å². The minimum atomic E-state index is -0.594. The van der Waals surface area contributed by atoms with E-state index in [-0.39, 0.29) is 20.7 Å². The van der Waals surface area contributed by atoms with Crippen LogP contribution in [0.1, 0.15) is 30.6 Å². The molecule has 0 saturated carbocycles. The van der Waals surface area contributed by atoms with E-state index in [1.807, 2.05) is 0 Å². The van der Waals surface area contributed by atoms with Gasteiger partial charge in [0.05, 0.1) is 19.4 Å². The van der Waals surface area contributed by atoms with Gasteiger partial charge in [-0.3, -0.25) is 9.36 Å². The van der Waals surface area contributed by atoms with Gasteiger partial charge in [-0.25, -0.2) is 0 Å². The summed E-state index contributed by atoms with van der Waals surface area (Å²) in [5, 5.41) is -0.594. The van der Waals surface area contributed by atoms with Gasteiger partial charge in [-0.05, 0) is 26.0 Å². The molecular formula is C13H17O4P. The highest BCUT2D eigenvalue weighted by Crippen LogP contribution is 2.34.